The van der Waals surface area contributed by atoms with Crippen LogP contribution in [0, 0.1) is 11.2 Å². The van der Waals surface area contributed by atoms with Crippen LogP contribution in [0.1, 0.15) is 28.8 Å². The second kappa shape index (κ2) is 10.0. The van der Waals surface area contributed by atoms with Crippen LogP contribution in [0.2, 0.25) is 0 Å². The van der Waals surface area contributed by atoms with E-state index in [1.54, 1.807) is 0 Å². The average molecular weight is 568 g/mol. The maximum absolute atomic E-state index is 13.3. The van der Waals surface area contributed by atoms with Crippen molar-refractivity contribution in [1.29, 1.82) is 5.41 Å². The van der Waals surface area contributed by atoms with Crippen LogP contribution in [0.25, 0.3) is 0 Å². The lowest BCUT2D eigenvalue weighted by Crippen LogP contribution is -2.19. The number of nitrogens with zero attached hydrogens (tertiary/aromatic N) is 2. The molecular weight excluding hydrogens is 555 g/mol. The van der Waals surface area contributed by atoms with Gasteiger partial charge in [-0.2, -0.15) is 26.3 Å². The van der Waals surface area contributed by atoms with E-state index in [9.17, 15) is 35.5 Å². The summed E-state index contributed by atoms with van der Waals surface area (Å²) in [5.74, 6) is -2.08. The standard InChI is InChI=1S/C20H13BrF7N5O2/c21-13-8-12(2-3-14(13)22)30-17(29)16-18(33-35-32-16)31-15(34)4-1-9-5-10(19(23,24)25)7-11(6-9)20(26,27)28/h2-3,5-8H,1,4H2,(H2,29,30)(H,31,33,34). The molecule has 35 heavy (non-hydrogen) atoms. The molecule has 1 heterocycles. The number of hydrogen-bond donors (Lipinski definition) is 3. The van der Waals surface area contributed by atoms with Gasteiger partial charge in [0.25, 0.3) is 0 Å². The molecule has 0 spiro atoms. The molecule has 15 heteroatoms. The van der Waals surface area contributed by atoms with Crippen molar-refractivity contribution in [3.05, 3.63) is 69.1 Å². The summed E-state index contributed by atoms with van der Waals surface area (Å²) in [5, 5.41) is 19.8. The summed E-state index contributed by atoms with van der Waals surface area (Å²) in [6, 6.07) is 4.85. The molecular formula is C20H13BrF7N5O2. The van der Waals surface area contributed by atoms with Gasteiger partial charge in [0.15, 0.2) is 11.5 Å². The van der Waals surface area contributed by atoms with Crippen molar-refractivity contribution in [3.63, 3.8) is 0 Å². The minimum atomic E-state index is -5.01. The van der Waals surface area contributed by atoms with E-state index >= 15 is 0 Å². The highest BCUT2D eigenvalue weighted by Gasteiger charge is 2.36. The second-order valence-corrected chi connectivity index (χ2v) is 7.91. The molecule has 0 bridgehead atoms. The van der Waals surface area contributed by atoms with E-state index in [2.05, 4.69) is 41.5 Å². The fourth-order valence-electron chi connectivity index (χ4n) is 2.83. The van der Waals surface area contributed by atoms with Crippen LogP contribution in [0.5, 0.6) is 0 Å². The number of carbonyl (C=O) groups is 1. The van der Waals surface area contributed by atoms with E-state index in [1.807, 2.05) is 0 Å². The smallest absolute Gasteiger partial charge is 0.339 e. The number of nitrogens with one attached hydrogen (secondary N) is 3. The van der Waals surface area contributed by atoms with E-state index < -0.39 is 53.9 Å². The summed E-state index contributed by atoms with van der Waals surface area (Å²) in [7, 11) is 0. The predicted molar refractivity (Wildman–Crippen MR) is 112 cm³/mol. The molecule has 0 unspecified atom stereocenters. The van der Waals surface area contributed by atoms with E-state index in [4.69, 9.17) is 5.41 Å². The largest absolute Gasteiger partial charge is 0.416 e. The Morgan fingerprint density at radius 2 is 1.60 bits per heavy atom. The molecule has 3 aromatic rings. The van der Waals surface area contributed by atoms with Gasteiger partial charge in [0, 0.05) is 12.1 Å². The summed E-state index contributed by atoms with van der Waals surface area (Å²) in [4.78, 5) is 12.3. The molecule has 3 rings (SSSR count). The van der Waals surface area contributed by atoms with Crippen LogP contribution in [0.3, 0.4) is 0 Å². The number of amidine groups is 1. The average Bonchev–Trinajstić information content (AvgIpc) is 3.21. The Morgan fingerprint density at radius 1 is 0.971 bits per heavy atom. The number of alkyl halides is 6. The highest BCUT2D eigenvalue weighted by molar-refractivity contribution is 9.10. The Morgan fingerprint density at radius 3 is 2.17 bits per heavy atom. The maximum Gasteiger partial charge on any atom is 0.416 e. The van der Waals surface area contributed by atoms with Crippen LogP contribution < -0.4 is 10.6 Å². The third-order valence-corrected chi connectivity index (χ3v) is 5.07. The van der Waals surface area contributed by atoms with Gasteiger partial charge in [0.1, 0.15) is 5.82 Å². The molecule has 1 aromatic heterocycles. The Bertz CT molecular complexity index is 1230. The first-order chi connectivity index (χ1) is 16.2. The lowest BCUT2D eigenvalue weighted by molar-refractivity contribution is -0.143. The van der Waals surface area contributed by atoms with Gasteiger partial charge in [-0.25, -0.2) is 9.02 Å². The molecule has 3 N–H and O–H groups in total. The van der Waals surface area contributed by atoms with Crippen molar-refractivity contribution >= 4 is 39.2 Å². The quantitative estimate of drug-likeness (QED) is 0.192. The summed E-state index contributed by atoms with van der Waals surface area (Å²) >= 11 is 2.99. The van der Waals surface area contributed by atoms with E-state index in [0.29, 0.717) is 12.1 Å². The fourth-order valence-corrected chi connectivity index (χ4v) is 3.21. The zero-order valence-corrected chi connectivity index (χ0v) is 18.7. The molecule has 186 valence electrons. The maximum atomic E-state index is 13.3. The zero-order valence-electron chi connectivity index (χ0n) is 17.1. The third-order valence-electron chi connectivity index (χ3n) is 4.46. The number of rotatable bonds is 6. The number of aromatic nitrogens is 2. The molecule has 1 amide bonds. The first-order valence-corrected chi connectivity index (χ1v) is 10.2. The first kappa shape index (κ1) is 26.1. The summed E-state index contributed by atoms with van der Waals surface area (Å²) in [6.45, 7) is 0. The Hall–Kier alpha value is -3.49. The van der Waals surface area contributed by atoms with E-state index in [0.717, 1.165) is 6.07 Å². The van der Waals surface area contributed by atoms with Crippen molar-refractivity contribution < 1.29 is 40.2 Å². The second-order valence-electron chi connectivity index (χ2n) is 7.05. The van der Waals surface area contributed by atoms with Crippen molar-refractivity contribution in [2.45, 2.75) is 25.2 Å². The van der Waals surface area contributed by atoms with Gasteiger partial charge < -0.3 is 10.6 Å². The molecule has 7 nitrogen and oxygen atoms in total. The van der Waals surface area contributed by atoms with Crippen LogP contribution >= 0.6 is 15.9 Å². The van der Waals surface area contributed by atoms with Gasteiger partial charge in [-0.05, 0) is 74.6 Å². The molecule has 0 aliphatic heterocycles. The number of halogens is 8. The van der Waals surface area contributed by atoms with Gasteiger partial charge in [0.2, 0.25) is 11.7 Å². The number of anilines is 2. The Balaban J connectivity index is 1.69. The third kappa shape index (κ3) is 6.77. The predicted octanol–water partition coefficient (Wildman–Crippen LogP) is 6.02. The number of benzene rings is 2. The summed E-state index contributed by atoms with van der Waals surface area (Å²) in [5.41, 5.74) is -3.29. The first-order valence-electron chi connectivity index (χ1n) is 9.46. The molecule has 0 saturated carbocycles. The lowest BCUT2D eigenvalue weighted by atomic mass is 10.0. The number of carbonyl (C=O) groups excluding carboxylic acids is 1. The summed E-state index contributed by atoms with van der Waals surface area (Å²) in [6.07, 6.45) is -11.0. The van der Waals surface area contributed by atoms with Crippen molar-refractivity contribution in [2.24, 2.45) is 0 Å². The van der Waals surface area contributed by atoms with E-state index in [-0.39, 0.29) is 33.3 Å². The number of aryl methyl sites for hydroxylation is 1. The van der Waals surface area contributed by atoms with Crippen LogP contribution in [-0.4, -0.2) is 22.1 Å². The SMILES string of the molecule is N=C(Nc1ccc(F)c(Br)c1)c1nonc1NC(=O)CCc1cc(C(F)(F)F)cc(C(F)(F)F)c1. The molecule has 0 aliphatic rings. The number of hydrogen-bond acceptors (Lipinski definition) is 5. The van der Waals surface area contributed by atoms with E-state index in [1.165, 1.54) is 12.1 Å². The fraction of sp³-hybridized carbons (Fsp3) is 0.200. The van der Waals surface area contributed by atoms with Gasteiger partial charge in [-0.15, -0.1) is 0 Å². The molecule has 0 fully saturated rings. The van der Waals surface area contributed by atoms with Gasteiger partial charge in [-0.1, -0.05) is 0 Å². The van der Waals surface area contributed by atoms with Crippen LogP contribution in [0.15, 0.2) is 45.5 Å². The highest BCUT2D eigenvalue weighted by atomic mass is 79.9. The lowest BCUT2D eigenvalue weighted by Gasteiger charge is -2.14. The summed E-state index contributed by atoms with van der Waals surface area (Å²) < 4.78 is 95.9. The van der Waals surface area contributed by atoms with Crippen LogP contribution in [-0.2, 0) is 23.6 Å². The Labute approximate surface area is 200 Å². The van der Waals surface area contributed by atoms with Gasteiger partial charge >= 0.3 is 12.4 Å². The van der Waals surface area contributed by atoms with Gasteiger partial charge in [-0.3, -0.25) is 10.2 Å². The zero-order chi connectivity index (χ0) is 26.0. The minimum Gasteiger partial charge on any atom is -0.339 e. The van der Waals surface area contributed by atoms with Crippen molar-refractivity contribution in [1.82, 2.24) is 10.3 Å². The van der Waals surface area contributed by atoms with Crippen molar-refractivity contribution in [3.8, 4) is 0 Å². The topological polar surface area (TPSA) is 104 Å². The highest BCUT2D eigenvalue weighted by Crippen LogP contribution is 2.36. The molecule has 0 aliphatic carbocycles. The van der Waals surface area contributed by atoms with Gasteiger partial charge in [0.05, 0.1) is 15.6 Å². The molecule has 0 atom stereocenters. The number of amides is 1. The molecule has 2 aromatic carbocycles. The Kier molecular flexibility index (Phi) is 7.47. The normalized spacial score (nSPS) is 11.9. The van der Waals surface area contributed by atoms with Crippen molar-refractivity contribution in [2.75, 3.05) is 10.6 Å². The van der Waals surface area contributed by atoms with Crippen LogP contribution in [0.4, 0.5) is 42.2 Å². The monoisotopic (exact) mass is 567 g/mol. The minimum absolute atomic E-state index is 0.00478. The molecule has 0 radical (unpaired) electrons. The molecule has 0 saturated heterocycles.